The molecule has 4 heteroatoms. The summed E-state index contributed by atoms with van der Waals surface area (Å²) in [5, 5.41) is 0. The van der Waals surface area contributed by atoms with Crippen molar-refractivity contribution in [1.29, 1.82) is 0 Å². The molecule has 0 aromatic heterocycles. The SMILES string of the molecule is CC(C)N(C[Si](F)F)C(C)C. The second-order valence-corrected chi connectivity index (χ2v) is 4.19. The lowest BCUT2D eigenvalue weighted by Gasteiger charge is -2.29. The number of rotatable bonds is 4. The van der Waals surface area contributed by atoms with E-state index in [9.17, 15) is 8.22 Å². The van der Waals surface area contributed by atoms with Gasteiger partial charge in [-0.1, -0.05) is 0 Å². The van der Waals surface area contributed by atoms with E-state index in [1.807, 2.05) is 32.6 Å². The lowest BCUT2D eigenvalue weighted by Crippen LogP contribution is -2.41. The van der Waals surface area contributed by atoms with Gasteiger partial charge in [-0.15, -0.1) is 0 Å². The molecule has 0 rings (SSSR count). The van der Waals surface area contributed by atoms with Crippen LogP contribution in [0.1, 0.15) is 27.7 Å². The summed E-state index contributed by atoms with van der Waals surface area (Å²) in [5.41, 5.74) is 0. The van der Waals surface area contributed by atoms with Crippen LogP contribution >= 0.6 is 0 Å². The van der Waals surface area contributed by atoms with Crippen LogP contribution in [0.15, 0.2) is 0 Å². The summed E-state index contributed by atoms with van der Waals surface area (Å²) >= 11 is 0. The molecule has 0 heterocycles. The largest absolute Gasteiger partial charge is 0.491 e. The highest BCUT2D eigenvalue weighted by atomic mass is 28.4. The highest BCUT2D eigenvalue weighted by Crippen LogP contribution is 2.05. The molecule has 0 fully saturated rings. The summed E-state index contributed by atoms with van der Waals surface area (Å²) in [5.74, 6) is 0. The van der Waals surface area contributed by atoms with E-state index in [1.165, 1.54) is 0 Å². The molecule has 0 aromatic rings. The molecule has 0 spiro atoms. The van der Waals surface area contributed by atoms with Crippen LogP contribution in [0.5, 0.6) is 0 Å². The summed E-state index contributed by atoms with van der Waals surface area (Å²) in [4.78, 5) is 1.83. The molecule has 0 aliphatic rings. The van der Waals surface area contributed by atoms with E-state index in [1.54, 1.807) is 0 Å². The van der Waals surface area contributed by atoms with Gasteiger partial charge in [0, 0.05) is 12.1 Å². The van der Waals surface area contributed by atoms with Crippen molar-refractivity contribution >= 4 is 9.46 Å². The molecule has 0 saturated heterocycles. The molecule has 0 unspecified atom stereocenters. The number of hydrogen-bond acceptors (Lipinski definition) is 1. The lowest BCUT2D eigenvalue weighted by atomic mass is 10.2. The Kier molecular flexibility index (Phi) is 4.84. The second kappa shape index (κ2) is 4.82. The Bertz CT molecular complexity index is 98.6. The van der Waals surface area contributed by atoms with E-state index in [4.69, 9.17) is 0 Å². The van der Waals surface area contributed by atoms with Gasteiger partial charge in [-0.05, 0) is 27.7 Å². The van der Waals surface area contributed by atoms with Crippen molar-refractivity contribution in [2.75, 3.05) is 6.17 Å². The molecule has 0 atom stereocenters. The van der Waals surface area contributed by atoms with Crippen LogP contribution in [0.4, 0.5) is 8.22 Å². The average molecular weight is 180 g/mol. The minimum absolute atomic E-state index is 0.0139. The molecule has 0 amide bonds. The highest BCUT2D eigenvalue weighted by molar-refractivity contribution is 6.42. The first-order valence-electron chi connectivity index (χ1n) is 3.87. The van der Waals surface area contributed by atoms with Crippen molar-refractivity contribution in [2.24, 2.45) is 0 Å². The average Bonchev–Trinajstić information content (AvgIpc) is 1.81. The zero-order valence-electron chi connectivity index (χ0n) is 7.56. The van der Waals surface area contributed by atoms with Crippen LogP contribution in [0, 0.1) is 0 Å². The maximum Gasteiger partial charge on any atom is 0.491 e. The van der Waals surface area contributed by atoms with Crippen LogP contribution in [0.2, 0.25) is 0 Å². The summed E-state index contributed by atoms with van der Waals surface area (Å²) in [7, 11) is -3.10. The van der Waals surface area contributed by atoms with Crippen LogP contribution in [-0.2, 0) is 0 Å². The molecule has 0 aliphatic carbocycles. The van der Waals surface area contributed by atoms with Gasteiger partial charge in [-0.2, -0.15) is 0 Å². The lowest BCUT2D eigenvalue weighted by molar-refractivity contribution is 0.198. The molecular weight excluding hydrogens is 164 g/mol. The topological polar surface area (TPSA) is 3.24 Å². The molecule has 0 bridgehead atoms. The first-order valence-corrected chi connectivity index (χ1v) is 5.34. The number of hydrogen-bond donors (Lipinski definition) is 0. The summed E-state index contributed by atoms with van der Waals surface area (Å²) in [6.45, 7) is 7.80. The standard InChI is InChI=1S/C7H16F2NSi/c1-6(2)10(7(3)4)5-11(8)9/h6-7H,5H2,1-4H3. The molecule has 0 N–H and O–H groups in total. The van der Waals surface area contributed by atoms with Crippen molar-refractivity contribution in [3.8, 4) is 0 Å². The number of halogens is 2. The third-order valence-corrected chi connectivity index (χ3v) is 2.23. The quantitative estimate of drug-likeness (QED) is 0.473. The van der Waals surface area contributed by atoms with E-state index >= 15 is 0 Å². The van der Waals surface area contributed by atoms with Gasteiger partial charge < -0.3 is 0 Å². The highest BCUT2D eigenvalue weighted by Gasteiger charge is 2.21. The van der Waals surface area contributed by atoms with Crippen molar-refractivity contribution < 1.29 is 8.22 Å². The summed E-state index contributed by atoms with van der Waals surface area (Å²) in [6, 6.07) is 0.447. The smallest absolute Gasteiger partial charge is 0.296 e. The van der Waals surface area contributed by atoms with Crippen LogP contribution in [0.3, 0.4) is 0 Å². The van der Waals surface area contributed by atoms with Crippen LogP contribution < -0.4 is 0 Å². The van der Waals surface area contributed by atoms with Gasteiger partial charge in [-0.3, -0.25) is 13.1 Å². The Morgan fingerprint density at radius 3 is 1.55 bits per heavy atom. The normalized spacial score (nSPS) is 12.5. The van der Waals surface area contributed by atoms with E-state index < -0.39 is 9.46 Å². The zero-order valence-corrected chi connectivity index (χ0v) is 8.56. The van der Waals surface area contributed by atoms with Crippen LogP contribution in [0.25, 0.3) is 0 Å². The van der Waals surface area contributed by atoms with Gasteiger partial charge in [-0.25, -0.2) is 0 Å². The summed E-state index contributed by atoms with van der Waals surface area (Å²) in [6.07, 6.45) is -0.0139. The predicted molar refractivity (Wildman–Crippen MR) is 44.9 cm³/mol. The van der Waals surface area contributed by atoms with Crippen molar-refractivity contribution in [2.45, 2.75) is 39.8 Å². The fourth-order valence-corrected chi connectivity index (χ4v) is 2.11. The predicted octanol–water partition coefficient (Wildman–Crippen LogP) is 2.07. The fourth-order valence-electron chi connectivity index (χ4n) is 1.10. The first-order chi connectivity index (χ1) is 4.95. The Morgan fingerprint density at radius 1 is 1.09 bits per heavy atom. The van der Waals surface area contributed by atoms with Gasteiger partial charge in [0.05, 0.1) is 6.17 Å². The molecule has 1 nitrogen and oxygen atoms in total. The van der Waals surface area contributed by atoms with Gasteiger partial charge in [0.1, 0.15) is 0 Å². The molecule has 0 aromatic carbocycles. The van der Waals surface area contributed by atoms with E-state index in [2.05, 4.69) is 0 Å². The zero-order chi connectivity index (χ0) is 9.02. The molecule has 11 heavy (non-hydrogen) atoms. The van der Waals surface area contributed by atoms with E-state index in [0.717, 1.165) is 0 Å². The first kappa shape index (κ1) is 11.0. The maximum absolute atomic E-state index is 12.1. The molecule has 0 aliphatic heterocycles. The molecular formula is C7H16F2NSi. The van der Waals surface area contributed by atoms with Crippen molar-refractivity contribution in [3.63, 3.8) is 0 Å². The van der Waals surface area contributed by atoms with Gasteiger partial charge in [0.25, 0.3) is 0 Å². The minimum atomic E-state index is -3.10. The molecule has 0 saturated carbocycles. The third kappa shape index (κ3) is 4.47. The molecule has 1 radical (unpaired) electrons. The van der Waals surface area contributed by atoms with Crippen LogP contribution in [-0.4, -0.2) is 32.6 Å². The number of nitrogens with zero attached hydrogens (tertiary/aromatic N) is 1. The maximum atomic E-state index is 12.1. The van der Waals surface area contributed by atoms with Crippen molar-refractivity contribution in [1.82, 2.24) is 4.90 Å². The Labute approximate surface area is 69.3 Å². The van der Waals surface area contributed by atoms with E-state index in [-0.39, 0.29) is 18.3 Å². The Balaban J connectivity index is 3.90. The van der Waals surface area contributed by atoms with E-state index in [0.29, 0.717) is 0 Å². The van der Waals surface area contributed by atoms with Gasteiger partial charge in [0.15, 0.2) is 0 Å². The Morgan fingerprint density at radius 2 is 1.45 bits per heavy atom. The second-order valence-electron chi connectivity index (χ2n) is 3.20. The minimum Gasteiger partial charge on any atom is -0.296 e. The summed E-state index contributed by atoms with van der Waals surface area (Å²) < 4.78 is 24.1. The third-order valence-electron chi connectivity index (χ3n) is 1.63. The van der Waals surface area contributed by atoms with Gasteiger partial charge >= 0.3 is 9.46 Å². The molecule has 67 valence electrons. The Hall–Kier alpha value is 0.0369. The van der Waals surface area contributed by atoms with Crippen molar-refractivity contribution in [3.05, 3.63) is 0 Å². The fraction of sp³-hybridized carbons (Fsp3) is 1.00. The monoisotopic (exact) mass is 180 g/mol. The van der Waals surface area contributed by atoms with Gasteiger partial charge in [0.2, 0.25) is 0 Å².